The first kappa shape index (κ1) is 17.3. The number of benzene rings is 1. The van der Waals surface area contributed by atoms with Gasteiger partial charge in [0.25, 0.3) is 11.6 Å². The van der Waals surface area contributed by atoms with Crippen molar-refractivity contribution in [2.75, 3.05) is 4.90 Å². The number of carbonyl (C=O) groups excluding carboxylic acids is 2. The van der Waals surface area contributed by atoms with Crippen LogP contribution in [-0.2, 0) is 19.9 Å². The van der Waals surface area contributed by atoms with Gasteiger partial charge >= 0.3 is 0 Å². The number of anilines is 1. The zero-order chi connectivity index (χ0) is 18.1. The van der Waals surface area contributed by atoms with Gasteiger partial charge in [-0.3, -0.25) is 19.7 Å². The molecule has 1 aromatic carbocycles. The number of rotatable bonds is 3. The predicted molar refractivity (Wildman–Crippen MR) is 89.6 cm³/mol. The van der Waals surface area contributed by atoms with Gasteiger partial charge in [-0.05, 0) is 24.8 Å². The first-order chi connectivity index (χ1) is 11.9. The van der Waals surface area contributed by atoms with Crippen LogP contribution in [0.25, 0.3) is 0 Å². The minimum absolute atomic E-state index is 0.0189. The highest BCUT2D eigenvalue weighted by Crippen LogP contribution is 2.37. The van der Waals surface area contributed by atoms with Gasteiger partial charge in [0, 0.05) is 12.1 Å². The highest BCUT2D eigenvalue weighted by Gasteiger charge is 2.50. The van der Waals surface area contributed by atoms with E-state index in [9.17, 15) is 28.1 Å². The second-order valence-electron chi connectivity index (χ2n) is 6.23. The molecule has 2 fully saturated rings. The lowest BCUT2D eigenvalue weighted by Gasteiger charge is -2.25. The van der Waals surface area contributed by atoms with Crippen LogP contribution in [0.3, 0.4) is 0 Å². The van der Waals surface area contributed by atoms with Crippen molar-refractivity contribution in [3.05, 3.63) is 34.4 Å². The summed E-state index contributed by atoms with van der Waals surface area (Å²) >= 11 is 0. The summed E-state index contributed by atoms with van der Waals surface area (Å²) in [4.78, 5) is 36.1. The number of nitro benzene ring substituents is 1. The van der Waals surface area contributed by atoms with Gasteiger partial charge in [-0.2, -0.15) is 8.42 Å². The van der Waals surface area contributed by atoms with Crippen LogP contribution in [0.5, 0.6) is 0 Å². The minimum atomic E-state index is -2.81. The van der Waals surface area contributed by atoms with Crippen molar-refractivity contribution in [2.24, 2.45) is 11.8 Å². The third-order valence-electron chi connectivity index (χ3n) is 4.78. The maximum atomic E-state index is 12.9. The van der Waals surface area contributed by atoms with E-state index in [0.717, 1.165) is 30.2 Å². The normalized spacial score (nSPS) is 21.7. The zero-order valence-corrected chi connectivity index (χ0v) is 14.1. The van der Waals surface area contributed by atoms with E-state index in [1.54, 1.807) is 0 Å². The van der Waals surface area contributed by atoms with Crippen molar-refractivity contribution >= 4 is 38.3 Å². The molecule has 2 amide bonds. The number of amides is 2. The summed E-state index contributed by atoms with van der Waals surface area (Å²) in [6.07, 6.45) is 4.17. The monoisotopic (exact) mass is 364 g/mol. The van der Waals surface area contributed by atoms with Gasteiger partial charge < -0.3 is 0 Å². The Hall–Kier alpha value is -2.55. The molecule has 1 saturated carbocycles. The minimum Gasteiger partial charge on any atom is -0.273 e. The molecule has 1 aliphatic heterocycles. The zero-order valence-electron chi connectivity index (χ0n) is 13.3. The number of hydrogen-bond acceptors (Lipinski definition) is 6. The smallest absolute Gasteiger partial charge is 0.273 e. The average Bonchev–Trinajstić information content (AvgIpc) is 2.86. The molecule has 0 radical (unpaired) electrons. The Kier molecular flexibility index (Phi) is 4.67. The van der Waals surface area contributed by atoms with E-state index in [4.69, 9.17) is 0 Å². The first-order valence-electron chi connectivity index (χ1n) is 8.00. The lowest BCUT2D eigenvalue weighted by atomic mass is 9.79. The lowest BCUT2D eigenvalue weighted by molar-refractivity contribution is -0.384. The molecule has 132 valence electrons. The molecular weight excluding hydrogens is 348 g/mol. The fourth-order valence-electron chi connectivity index (χ4n) is 3.64. The van der Waals surface area contributed by atoms with E-state index in [-0.39, 0.29) is 17.3 Å². The molecule has 1 aliphatic carbocycles. The second kappa shape index (κ2) is 6.75. The number of non-ortho nitro benzene ring substituents is 1. The molecule has 8 nitrogen and oxygen atoms in total. The number of hydrogen-bond donors (Lipinski definition) is 0. The standard InChI is InChI=1S/C16H16N2O6S/c19-15-13(10-5-2-1-3-6-10)14(25(23)24)16(20)17(15)11-7-4-8-12(9-11)18(21)22/h4,7-10,13H,1-3,5-6H2. The van der Waals surface area contributed by atoms with Gasteiger partial charge in [0.2, 0.25) is 16.2 Å². The SMILES string of the molecule is O=C1C(=S(=O)=O)C(C2CCCCC2)C(=O)N1c1cccc([N+](=O)[O-])c1. The van der Waals surface area contributed by atoms with Gasteiger partial charge in [-0.25, -0.2) is 4.90 Å². The Morgan fingerprint density at radius 1 is 1.12 bits per heavy atom. The van der Waals surface area contributed by atoms with Crippen LogP contribution < -0.4 is 4.90 Å². The summed E-state index contributed by atoms with van der Waals surface area (Å²) < 4.78 is 23.2. The third-order valence-corrected chi connectivity index (χ3v) is 5.57. The Bertz CT molecular complexity index is 878. The van der Waals surface area contributed by atoms with Crippen LogP contribution in [0.15, 0.2) is 24.3 Å². The van der Waals surface area contributed by atoms with Crippen LogP contribution >= 0.6 is 0 Å². The average molecular weight is 364 g/mol. The third kappa shape index (κ3) is 3.07. The van der Waals surface area contributed by atoms with Gasteiger partial charge in [-0.1, -0.05) is 25.3 Å². The van der Waals surface area contributed by atoms with Crippen LogP contribution in [0.4, 0.5) is 11.4 Å². The summed E-state index contributed by atoms with van der Waals surface area (Å²) in [7, 11) is -2.81. The number of imide groups is 1. The summed E-state index contributed by atoms with van der Waals surface area (Å²) in [6.45, 7) is 0. The number of nitrogens with zero attached hydrogens (tertiary/aromatic N) is 2. The van der Waals surface area contributed by atoms with Crippen LogP contribution in [-0.4, -0.2) is 30.0 Å². The predicted octanol–water partition coefficient (Wildman–Crippen LogP) is 1.72. The number of carbonyl (C=O) groups is 2. The van der Waals surface area contributed by atoms with Crippen molar-refractivity contribution in [3.63, 3.8) is 0 Å². The van der Waals surface area contributed by atoms with Crippen LogP contribution in [0.2, 0.25) is 0 Å². The molecule has 25 heavy (non-hydrogen) atoms. The summed E-state index contributed by atoms with van der Waals surface area (Å²) in [5.74, 6) is -2.71. The molecule has 1 saturated heterocycles. The van der Waals surface area contributed by atoms with E-state index in [0.29, 0.717) is 12.8 Å². The highest BCUT2D eigenvalue weighted by atomic mass is 32.2. The number of nitro groups is 1. The Morgan fingerprint density at radius 2 is 1.80 bits per heavy atom. The van der Waals surface area contributed by atoms with Crippen molar-refractivity contribution in [3.8, 4) is 0 Å². The van der Waals surface area contributed by atoms with Gasteiger partial charge in [-0.15, -0.1) is 0 Å². The summed E-state index contributed by atoms with van der Waals surface area (Å²) in [5.41, 5.74) is -0.255. The Balaban J connectivity index is 2.06. The Morgan fingerprint density at radius 3 is 2.40 bits per heavy atom. The van der Waals surface area contributed by atoms with E-state index < -0.39 is 37.8 Å². The first-order valence-corrected chi connectivity index (χ1v) is 9.08. The maximum Gasteiger partial charge on any atom is 0.277 e. The molecule has 1 heterocycles. The van der Waals surface area contributed by atoms with E-state index in [1.165, 1.54) is 18.2 Å². The maximum absolute atomic E-state index is 12.9. The largest absolute Gasteiger partial charge is 0.277 e. The molecule has 1 atom stereocenters. The van der Waals surface area contributed by atoms with Gasteiger partial charge in [0.05, 0.1) is 16.5 Å². The van der Waals surface area contributed by atoms with E-state index in [2.05, 4.69) is 0 Å². The lowest BCUT2D eigenvalue weighted by Crippen LogP contribution is -2.32. The van der Waals surface area contributed by atoms with Crippen LogP contribution in [0.1, 0.15) is 32.1 Å². The molecule has 1 unspecified atom stereocenters. The second-order valence-corrected chi connectivity index (χ2v) is 7.14. The fraction of sp³-hybridized carbons (Fsp3) is 0.438. The van der Waals surface area contributed by atoms with E-state index in [1.807, 2.05) is 0 Å². The van der Waals surface area contributed by atoms with Crippen molar-refractivity contribution in [2.45, 2.75) is 32.1 Å². The molecule has 9 heteroatoms. The van der Waals surface area contributed by atoms with Crippen molar-refractivity contribution in [1.82, 2.24) is 0 Å². The summed E-state index contributed by atoms with van der Waals surface area (Å²) in [6, 6.07) is 5.08. The topological polar surface area (TPSA) is 115 Å². The molecular formula is C16H16N2O6S. The molecule has 0 spiro atoms. The van der Waals surface area contributed by atoms with Crippen molar-refractivity contribution in [1.29, 1.82) is 0 Å². The summed E-state index contributed by atoms with van der Waals surface area (Å²) in [5, 5.41) is 10.9. The van der Waals surface area contributed by atoms with Gasteiger partial charge in [0.1, 0.15) is 0 Å². The Labute approximate surface area is 145 Å². The molecule has 2 aliphatic rings. The highest BCUT2D eigenvalue weighted by molar-refractivity contribution is 7.75. The molecule has 0 N–H and O–H groups in total. The molecule has 3 rings (SSSR count). The van der Waals surface area contributed by atoms with Gasteiger partial charge in [0.15, 0.2) is 4.86 Å². The van der Waals surface area contributed by atoms with Crippen molar-refractivity contribution < 1.29 is 22.9 Å². The molecule has 1 aromatic rings. The quantitative estimate of drug-likeness (QED) is 0.349. The molecule has 0 bridgehead atoms. The fourth-order valence-corrected chi connectivity index (χ4v) is 4.38. The van der Waals surface area contributed by atoms with Crippen LogP contribution in [0, 0.1) is 22.0 Å². The van der Waals surface area contributed by atoms with E-state index >= 15 is 0 Å². The molecule has 0 aromatic heterocycles.